The average Bonchev–Trinajstić information content (AvgIpc) is 2.82. The van der Waals surface area contributed by atoms with Crippen LogP contribution < -0.4 is 25.6 Å². The summed E-state index contributed by atoms with van der Waals surface area (Å²) < 4.78 is 5.77. The summed E-state index contributed by atoms with van der Waals surface area (Å²) in [5.74, 6) is -1.35. The zero-order valence-corrected chi connectivity index (χ0v) is 19.3. The number of amides is 7. The number of carbonyl (C=O) groups is 5. The molecule has 3 saturated heterocycles. The van der Waals surface area contributed by atoms with Crippen LogP contribution in [0.3, 0.4) is 0 Å². The Morgan fingerprint density at radius 3 is 2.33 bits per heavy atom. The van der Waals surface area contributed by atoms with Crippen molar-refractivity contribution in [1.29, 1.82) is 0 Å². The number of aromatic nitrogens is 1. The summed E-state index contributed by atoms with van der Waals surface area (Å²) in [4.78, 5) is 68.8. The van der Waals surface area contributed by atoms with Gasteiger partial charge in [-0.05, 0) is 43.0 Å². The number of hydrogen-bond acceptors (Lipinski definition) is 7. The van der Waals surface area contributed by atoms with Crippen LogP contribution in [0.25, 0.3) is 0 Å². The minimum Gasteiger partial charge on any atom is -0.439 e. The van der Waals surface area contributed by atoms with Crippen molar-refractivity contribution in [3.8, 4) is 11.6 Å². The van der Waals surface area contributed by atoms with E-state index in [2.05, 4.69) is 20.9 Å². The van der Waals surface area contributed by atoms with Crippen molar-refractivity contribution in [3.63, 3.8) is 0 Å². The fraction of sp³-hybridized carbons (Fsp3) is 0.333. The summed E-state index contributed by atoms with van der Waals surface area (Å²) in [6.45, 7) is 1.98. The van der Waals surface area contributed by atoms with Crippen molar-refractivity contribution in [2.45, 2.75) is 37.8 Å². The molecule has 3 fully saturated rings. The molecule has 1 spiro atoms. The standard InChI is InChI=1S/C24H24N6O6/c31-19-3-1-10-24(20(32)27-22(34)28-21(24)33)30(19)16-6-9-18(25-14-16)36-17-7-4-15(5-8-17)13-26-23(35)29-11-2-12-29/h4-9,14H,1-3,10-13H2,(H,26,35)(H2,27,28,32,33,34). The molecule has 3 N–H and O–H groups in total. The fourth-order valence-corrected chi connectivity index (χ4v) is 4.44. The highest BCUT2D eigenvalue weighted by molar-refractivity contribution is 6.27. The average molecular weight is 492 g/mol. The quantitative estimate of drug-likeness (QED) is 0.534. The number of piperidine rings is 1. The molecule has 0 saturated carbocycles. The highest BCUT2D eigenvalue weighted by Gasteiger charge is 2.58. The van der Waals surface area contributed by atoms with E-state index >= 15 is 0 Å². The van der Waals surface area contributed by atoms with Gasteiger partial charge in [-0.3, -0.25) is 29.9 Å². The monoisotopic (exact) mass is 492 g/mol. The summed E-state index contributed by atoms with van der Waals surface area (Å²) in [6, 6.07) is 9.22. The number of benzene rings is 1. The van der Waals surface area contributed by atoms with E-state index in [1.54, 1.807) is 17.0 Å². The summed E-state index contributed by atoms with van der Waals surface area (Å²) in [7, 11) is 0. The predicted molar refractivity (Wildman–Crippen MR) is 125 cm³/mol. The van der Waals surface area contributed by atoms with Crippen LogP contribution in [-0.2, 0) is 20.9 Å². The van der Waals surface area contributed by atoms with Crippen LogP contribution >= 0.6 is 0 Å². The number of hydrogen-bond donors (Lipinski definition) is 3. The lowest BCUT2D eigenvalue weighted by Crippen LogP contribution is -2.75. The number of pyridine rings is 1. The molecule has 3 aliphatic rings. The first-order valence-electron chi connectivity index (χ1n) is 11.6. The molecule has 12 nitrogen and oxygen atoms in total. The van der Waals surface area contributed by atoms with E-state index in [0.717, 1.165) is 30.0 Å². The molecular weight excluding hydrogens is 468 g/mol. The van der Waals surface area contributed by atoms with Gasteiger partial charge >= 0.3 is 12.1 Å². The van der Waals surface area contributed by atoms with Crippen molar-refractivity contribution < 1.29 is 28.7 Å². The van der Waals surface area contributed by atoms with Gasteiger partial charge in [-0.2, -0.15) is 0 Å². The molecule has 0 radical (unpaired) electrons. The Hall–Kier alpha value is -4.48. The summed E-state index contributed by atoms with van der Waals surface area (Å²) >= 11 is 0. The number of urea groups is 2. The number of imide groups is 2. The number of barbiturate groups is 1. The first kappa shape index (κ1) is 23.3. The van der Waals surface area contributed by atoms with E-state index in [0.29, 0.717) is 18.7 Å². The van der Waals surface area contributed by atoms with E-state index in [4.69, 9.17) is 4.74 Å². The summed E-state index contributed by atoms with van der Waals surface area (Å²) in [6.07, 6.45) is 2.94. The molecule has 0 bridgehead atoms. The molecule has 5 rings (SSSR count). The highest BCUT2D eigenvalue weighted by Crippen LogP contribution is 2.36. The number of ether oxygens (including phenoxy) is 1. The first-order chi connectivity index (χ1) is 17.4. The van der Waals surface area contributed by atoms with Gasteiger partial charge in [-0.25, -0.2) is 14.6 Å². The van der Waals surface area contributed by atoms with Crippen LogP contribution in [0, 0.1) is 0 Å². The Labute approximate surface area is 206 Å². The molecule has 12 heteroatoms. The van der Waals surface area contributed by atoms with Gasteiger partial charge in [-0.1, -0.05) is 12.1 Å². The van der Waals surface area contributed by atoms with Gasteiger partial charge in [0, 0.05) is 32.1 Å². The van der Waals surface area contributed by atoms with Crippen molar-refractivity contribution in [2.75, 3.05) is 18.0 Å². The molecule has 36 heavy (non-hydrogen) atoms. The molecule has 1 aromatic carbocycles. The highest BCUT2D eigenvalue weighted by atomic mass is 16.5. The van der Waals surface area contributed by atoms with Crippen molar-refractivity contribution in [1.82, 2.24) is 25.8 Å². The second-order valence-electron chi connectivity index (χ2n) is 8.78. The smallest absolute Gasteiger partial charge is 0.328 e. The Balaban J connectivity index is 1.27. The molecule has 0 aliphatic carbocycles. The van der Waals surface area contributed by atoms with Gasteiger partial charge in [0.05, 0.1) is 11.9 Å². The van der Waals surface area contributed by atoms with E-state index in [9.17, 15) is 24.0 Å². The topological polar surface area (TPSA) is 150 Å². The van der Waals surface area contributed by atoms with Crippen LogP contribution in [0.2, 0.25) is 0 Å². The Morgan fingerprint density at radius 1 is 1.00 bits per heavy atom. The maximum absolute atomic E-state index is 12.8. The van der Waals surface area contributed by atoms with Gasteiger partial charge in [-0.15, -0.1) is 0 Å². The molecule has 3 aliphatic heterocycles. The van der Waals surface area contributed by atoms with Gasteiger partial charge in [0.1, 0.15) is 5.75 Å². The predicted octanol–water partition coefficient (Wildman–Crippen LogP) is 1.41. The number of likely N-dealkylation sites (tertiary alicyclic amines) is 1. The van der Waals surface area contributed by atoms with Gasteiger partial charge in [0.25, 0.3) is 11.8 Å². The maximum atomic E-state index is 12.8. The minimum absolute atomic E-state index is 0.0744. The second kappa shape index (κ2) is 9.29. The van der Waals surface area contributed by atoms with E-state index < -0.39 is 29.3 Å². The molecule has 186 valence electrons. The van der Waals surface area contributed by atoms with Crippen molar-refractivity contribution in [2.24, 2.45) is 0 Å². The summed E-state index contributed by atoms with van der Waals surface area (Å²) in [5.41, 5.74) is -0.704. The molecule has 2 aromatic rings. The third-order valence-electron chi connectivity index (χ3n) is 6.48. The Bertz CT molecular complexity index is 1200. The Morgan fingerprint density at radius 2 is 1.72 bits per heavy atom. The molecule has 1 aromatic heterocycles. The number of rotatable bonds is 5. The third-order valence-corrected chi connectivity index (χ3v) is 6.48. The molecule has 7 amide bonds. The lowest BCUT2D eigenvalue weighted by Gasteiger charge is -2.45. The van der Waals surface area contributed by atoms with Crippen LogP contribution in [-0.4, -0.2) is 58.3 Å². The Kier molecular flexibility index (Phi) is 6.00. The van der Waals surface area contributed by atoms with E-state index in [-0.39, 0.29) is 30.4 Å². The van der Waals surface area contributed by atoms with E-state index in [1.165, 1.54) is 18.3 Å². The SMILES string of the molecule is O=C1NC(=O)C2(CCCC(=O)N2c2ccc(Oc3ccc(CNC(=O)N4CCC4)cc3)nc2)C(=O)N1. The van der Waals surface area contributed by atoms with Gasteiger partial charge in [0.2, 0.25) is 17.3 Å². The maximum Gasteiger partial charge on any atom is 0.328 e. The summed E-state index contributed by atoms with van der Waals surface area (Å²) in [5, 5.41) is 7.05. The number of nitrogens with zero attached hydrogens (tertiary/aromatic N) is 3. The zero-order valence-electron chi connectivity index (χ0n) is 19.3. The van der Waals surface area contributed by atoms with Crippen molar-refractivity contribution in [3.05, 3.63) is 48.2 Å². The molecular formula is C24H24N6O6. The lowest BCUT2D eigenvalue weighted by atomic mass is 9.82. The normalized spacial score (nSPS) is 18.9. The van der Waals surface area contributed by atoms with Crippen LogP contribution in [0.4, 0.5) is 15.3 Å². The molecule has 0 atom stereocenters. The van der Waals surface area contributed by atoms with Gasteiger partial charge in [0.15, 0.2) is 0 Å². The van der Waals surface area contributed by atoms with Crippen LogP contribution in [0.5, 0.6) is 11.6 Å². The van der Waals surface area contributed by atoms with E-state index in [1.807, 2.05) is 12.1 Å². The third kappa shape index (κ3) is 4.21. The molecule has 4 heterocycles. The number of nitrogens with one attached hydrogen (secondary N) is 3. The van der Waals surface area contributed by atoms with Crippen LogP contribution in [0.15, 0.2) is 42.6 Å². The largest absolute Gasteiger partial charge is 0.439 e. The lowest BCUT2D eigenvalue weighted by molar-refractivity contribution is -0.143. The van der Waals surface area contributed by atoms with Crippen LogP contribution in [0.1, 0.15) is 31.2 Å². The van der Waals surface area contributed by atoms with Gasteiger partial charge < -0.3 is 15.0 Å². The second-order valence-corrected chi connectivity index (χ2v) is 8.78. The molecule has 0 unspecified atom stereocenters. The fourth-order valence-electron chi connectivity index (χ4n) is 4.44. The van der Waals surface area contributed by atoms with Crippen molar-refractivity contribution >= 4 is 35.5 Å². The zero-order chi connectivity index (χ0) is 25.3. The first-order valence-corrected chi connectivity index (χ1v) is 11.6. The number of carbonyl (C=O) groups excluding carboxylic acids is 5. The number of anilines is 1. The minimum atomic E-state index is -1.85.